The number of carbonyl (C=O) groups excluding carboxylic acids is 1. The Kier molecular flexibility index (Phi) is 4.20. The molecular formula is C23H18N2O. The monoisotopic (exact) mass is 338 g/mol. The molecule has 0 spiro atoms. The second-order valence-corrected chi connectivity index (χ2v) is 6.16. The number of Topliss-reactive ketones (excluding diaryl/α,β-unsaturated/α-hetero) is 1. The molecule has 0 fully saturated rings. The van der Waals surface area contributed by atoms with Crippen LogP contribution in [0.25, 0.3) is 10.9 Å². The summed E-state index contributed by atoms with van der Waals surface area (Å²) in [6, 6.07) is 27.0. The lowest BCUT2D eigenvalue weighted by Gasteiger charge is -2.06. The Balaban J connectivity index is 1.94. The molecule has 0 saturated heterocycles. The number of nitrogens with zero attached hydrogens (tertiary/aromatic N) is 2. The van der Waals surface area contributed by atoms with Crippen LogP contribution in [0.5, 0.6) is 0 Å². The first-order valence-electron chi connectivity index (χ1n) is 8.52. The molecule has 0 amide bonds. The van der Waals surface area contributed by atoms with Crippen LogP contribution in [-0.4, -0.2) is 16.1 Å². The van der Waals surface area contributed by atoms with Gasteiger partial charge in [-0.2, -0.15) is 0 Å². The van der Waals surface area contributed by atoms with E-state index in [-0.39, 0.29) is 5.78 Å². The summed E-state index contributed by atoms with van der Waals surface area (Å²) >= 11 is 0. The van der Waals surface area contributed by atoms with Crippen molar-refractivity contribution in [2.24, 2.45) is 12.0 Å². The predicted octanol–water partition coefficient (Wildman–Crippen LogP) is 5.18. The number of carbonyl (C=O) groups is 1. The van der Waals surface area contributed by atoms with Crippen LogP contribution in [0, 0.1) is 0 Å². The normalized spacial score (nSPS) is 11.7. The number of hydrogen-bond acceptors (Lipinski definition) is 2. The molecule has 0 unspecified atom stereocenters. The summed E-state index contributed by atoms with van der Waals surface area (Å²) in [5.41, 5.74) is 3.78. The van der Waals surface area contributed by atoms with Crippen molar-refractivity contribution in [3.8, 4) is 0 Å². The lowest BCUT2D eigenvalue weighted by Crippen LogP contribution is -2.15. The van der Waals surface area contributed by atoms with Crippen LogP contribution in [-0.2, 0) is 7.05 Å². The fourth-order valence-electron chi connectivity index (χ4n) is 3.12. The third kappa shape index (κ3) is 2.95. The third-order valence-electron chi connectivity index (χ3n) is 4.40. The number of aromatic nitrogens is 1. The summed E-state index contributed by atoms with van der Waals surface area (Å²) in [5.74, 6) is -0.0780. The van der Waals surface area contributed by atoms with Gasteiger partial charge in [-0.05, 0) is 18.2 Å². The van der Waals surface area contributed by atoms with Crippen molar-refractivity contribution < 1.29 is 4.79 Å². The number of fused-ring (bicyclic) bond motifs is 1. The molecule has 3 nitrogen and oxygen atoms in total. The molecular weight excluding hydrogens is 320 g/mol. The molecule has 0 N–H and O–H groups in total. The van der Waals surface area contributed by atoms with Crippen molar-refractivity contribution in [2.45, 2.75) is 0 Å². The Hall–Kier alpha value is -3.46. The van der Waals surface area contributed by atoms with Crippen molar-refractivity contribution in [2.75, 3.05) is 0 Å². The summed E-state index contributed by atoms with van der Waals surface area (Å²) in [4.78, 5) is 18.0. The minimum atomic E-state index is -0.0780. The molecule has 0 aliphatic heterocycles. The van der Waals surface area contributed by atoms with Crippen LogP contribution in [0.2, 0.25) is 0 Å². The highest BCUT2D eigenvalue weighted by molar-refractivity contribution is 6.53. The van der Waals surface area contributed by atoms with Crippen LogP contribution >= 0.6 is 0 Å². The van der Waals surface area contributed by atoms with Gasteiger partial charge in [0, 0.05) is 35.3 Å². The molecule has 0 aliphatic rings. The van der Waals surface area contributed by atoms with Crippen molar-refractivity contribution in [1.82, 2.24) is 4.57 Å². The molecule has 4 aromatic rings. The van der Waals surface area contributed by atoms with Gasteiger partial charge >= 0.3 is 0 Å². The Morgan fingerprint density at radius 1 is 0.808 bits per heavy atom. The lowest BCUT2D eigenvalue weighted by atomic mass is 10.00. The quantitative estimate of drug-likeness (QED) is 0.373. The minimum absolute atomic E-state index is 0.0780. The second-order valence-electron chi connectivity index (χ2n) is 6.16. The molecule has 3 heteroatoms. The number of aryl methyl sites for hydroxylation is 1. The minimum Gasteiger partial charge on any atom is -0.350 e. The molecule has 4 rings (SSSR count). The molecule has 3 aromatic carbocycles. The van der Waals surface area contributed by atoms with E-state index in [0.717, 1.165) is 22.2 Å². The van der Waals surface area contributed by atoms with Crippen LogP contribution in [0.3, 0.4) is 0 Å². The van der Waals surface area contributed by atoms with Gasteiger partial charge in [-0.25, -0.2) is 4.99 Å². The van der Waals surface area contributed by atoms with E-state index in [1.54, 1.807) is 0 Å². The first kappa shape index (κ1) is 16.0. The van der Waals surface area contributed by atoms with Crippen LogP contribution in [0.4, 0.5) is 5.69 Å². The Morgan fingerprint density at radius 2 is 1.42 bits per heavy atom. The maximum atomic E-state index is 13.3. The lowest BCUT2D eigenvalue weighted by molar-refractivity contribution is 0.106. The van der Waals surface area contributed by atoms with E-state index in [2.05, 4.69) is 0 Å². The average Bonchev–Trinajstić information content (AvgIpc) is 3.04. The molecule has 1 aromatic heterocycles. The van der Waals surface area contributed by atoms with Gasteiger partial charge in [0.15, 0.2) is 0 Å². The zero-order valence-corrected chi connectivity index (χ0v) is 14.5. The average molecular weight is 338 g/mol. The van der Waals surface area contributed by atoms with Gasteiger partial charge < -0.3 is 4.57 Å². The van der Waals surface area contributed by atoms with Crippen molar-refractivity contribution >= 4 is 28.1 Å². The van der Waals surface area contributed by atoms with Gasteiger partial charge in [-0.3, -0.25) is 4.79 Å². The standard InChI is InChI=1S/C23H18N2O/c1-25-16-20(19-14-8-9-15-21(19)25)22(24-18-12-6-3-7-13-18)23(26)17-10-4-2-5-11-17/h2-16H,1H3. The van der Waals surface area contributed by atoms with E-state index in [4.69, 9.17) is 4.99 Å². The summed E-state index contributed by atoms with van der Waals surface area (Å²) in [7, 11) is 1.99. The van der Waals surface area contributed by atoms with Gasteiger partial charge in [0.05, 0.1) is 5.69 Å². The van der Waals surface area contributed by atoms with Crippen LogP contribution in [0.1, 0.15) is 15.9 Å². The summed E-state index contributed by atoms with van der Waals surface area (Å²) in [6.45, 7) is 0. The Bertz CT molecular complexity index is 1090. The number of para-hydroxylation sites is 2. The first-order chi connectivity index (χ1) is 12.7. The van der Waals surface area contributed by atoms with Crippen molar-refractivity contribution in [3.05, 3.63) is 102 Å². The van der Waals surface area contributed by atoms with E-state index >= 15 is 0 Å². The summed E-state index contributed by atoms with van der Waals surface area (Å²) in [6.07, 6.45) is 1.98. The fourth-order valence-corrected chi connectivity index (χ4v) is 3.12. The fraction of sp³-hybridized carbons (Fsp3) is 0.0435. The molecule has 0 saturated carbocycles. The number of hydrogen-bond donors (Lipinski definition) is 0. The van der Waals surface area contributed by atoms with Crippen LogP contribution < -0.4 is 0 Å². The van der Waals surface area contributed by atoms with E-state index in [1.165, 1.54) is 0 Å². The van der Waals surface area contributed by atoms with Gasteiger partial charge in [0.25, 0.3) is 0 Å². The zero-order chi connectivity index (χ0) is 17.9. The van der Waals surface area contributed by atoms with Gasteiger partial charge in [0.1, 0.15) is 5.71 Å². The summed E-state index contributed by atoms with van der Waals surface area (Å²) < 4.78 is 2.03. The topological polar surface area (TPSA) is 34.4 Å². The van der Waals surface area contributed by atoms with Gasteiger partial charge in [0.2, 0.25) is 5.78 Å². The maximum Gasteiger partial charge on any atom is 0.212 e. The Labute approximate surface area is 152 Å². The smallest absolute Gasteiger partial charge is 0.212 e. The number of rotatable bonds is 4. The molecule has 26 heavy (non-hydrogen) atoms. The molecule has 0 aliphatic carbocycles. The van der Waals surface area contributed by atoms with E-state index in [0.29, 0.717) is 11.3 Å². The third-order valence-corrected chi connectivity index (χ3v) is 4.40. The number of ketones is 1. The zero-order valence-electron chi connectivity index (χ0n) is 14.5. The molecule has 0 bridgehead atoms. The molecule has 126 valence electrons. The molecule has 1 heterocycles. The Morgan fingerprint density at radius 3 is 2.15 bits per heavy atom. The van der Waals surface area contributed by atoms with Crippen molar-refractivity contribution in [3.63, 3.8) is 0 Å². The highest BCUT2D eigenvalue weighted by atomic mass is 16.1. The second kappa shape index (κ2) is 6.81. The number of benzene rings is 3. The first-order valence-corrected chi connectivity index (χ1v) is 8.52. The molecule has 0 radical (unpaired) electrons. The van der Waals surface area contributed by atoms with E-state index < -0.39 is 0 Å². The maximum absolute atomic E-state index is 13.3. The summed E-state index contributed by atoms with van der Waals surface area (Å²) in [5, 5.41) is 1.02. The predicted molar refractivity (Wildman–Crippen MR) is 106 cm³/mol. The van der Waals surface area contributed by atoms with Gasteiger partial charge in [-0.15, -0.1) is 0 Å². The van der Waals surface area contributed by atoms with Crippen molar-refractivity contribution in [1.29, 1.82) is 0 Å². The van der Waals surface area contributed by atoms with Crippen LogP contribution in [0.15, 0.2) is 96.1 Å². The van der Waals surface area contributed by atoms with Gasteiger partial charge in [-0.1, -0.05) is 66.7 Å². The molecule has 0 atom stereocenters. The largest absolute Gasteiger partial charge is 0.350 e. The number of aliphatic imine (C=N–C) groups is 1. The highest BCUT2D eigenvalue weighted by Gasteiger charge is 2.20. The van der Waals surface area contributed by atoms with E-state index in [9.17, 15) is 4.79 Å². The van der Waals surface area contributed by atoms with E-state index in [1.807, 2.05) is 103 Å². The SMILES string of the molecule is Cn1cc(C(=Nc2ccccc2)C(=O)c2ccccc2)c2ccccc21. The highest BCUT2D eigenvalue weighted by Crippen LogP contribution is 2.24.